The number of aromatic amines is 1. The van der Waals surface area contributed by atoms with Crippen molar-refractivity contribution in [2.24, 2.45) is 0 Å². The Labute approximate surface area is 762 Å². The lowest BCUT2D eigenvalue weighted by Gasteiger charge is -2.14. The van der Waals surface area contributed by atoms with E-state index in [-0.39, 0.29) is 39.1 Å². The number of H-pyrrole nitrogens is 1. The maximum atomic E-state index is 11.6. The van der Waals surface area contributed by atoms with E-state index >= 15 is 0 Å². The molecule has 19 rings (SSSR count). The van der Waals surface area contributed by atoms with Crippen molar-refractivity contribution in [1.82, 2.24) is 4.98 Å². The van der Waals surface area contributed by atoms with Gasteiger partial charge in [-0.05, 0) is 106 Å². The van der Waals surface area contributed by atoms with Crippen LogP contribution in [0.25, 0.3) is 122 Å². The number of ether oxygens (including phenoxy) is 2. The second kappa shape index (κ2) is 41.5. The van der Waals surface area contributed by atoms with Gasteiger partial charge in [0.25, 0.3) is 28.4 Å². The molecular weight excluding hydrogens is 1810 g/mol. The lowest BCUT2D eigenvalue weighted by Crippen LogP contribution is -2.30. The number of aromatic hydroxyl groups is 1. The molecule has 18 aromatic rings. The van der Waals surface area contributed by atoms with Crippen molar-refractivity contribution in [3.8, 4) is 101 Å². The maximum Gasteiger partial charge on any atom is 0.489 e. The molecule has 0 saturated heterocycles. The van der Waals surface area contributed by atoms with Crippen molar-refractivity contribution in [3.63, 3.8) is 0 Å². The zero-order valence-electron chi connectivity index (χ0n) is 66.0. The van der Waals surface area contributed by atoms with Crippen LogP contribution < -0.4 is 14.9 Å². The molecule has 1 aliphatic heterocycles. The van der Waals surface area contributed by atoms with Gasteiger partial charge in [-0.15, -0.1) is 0 Å². The quantitative estimate of drug-likeness (QED) is 0.0502. The van der Waals surface area contributed by atoms with E-state index in [4.69, 9.17) is 93.5 Å². The van der Waals surface area contributed by atoms with Gasteiger partial charge in [-0.2, -0.15) is 0 Å². The summed E-state index contributed by atoms with van der Waals surface area (Å²) in [6.45, 7) is 0. The summed E-state index contributed by atoms with van der Waals surface area (Å²) in [6.07, 6.45) is 0. The largest absolute Gasteiger partial charge is 0.507 e. The van der Waals surface area contributed by atoms with Gasteiger partial charge in [0.1, 0.15) is 38.6 Å². The van der Waals surface area contributed by atoms with Crippen LogP contribution in [-0.4, -0.2) is 59.0 Å². The Morgan fingerprint density at radius 2 is 0.669 bits per heavy atom. The smallest absolute Gasteiger partial charge is 0.489 e. The summed E-state index contributed by atoms with van der Waals surface area (Å²) in [7, 11) is 0.0967. The highest BCUT2D eigenvalue weighted by molar-refractivity contribution is 9.10. The monoisotopic (exact) mass is 1870 g/mol. The molecule has 22 nitrogen and oxygen atoms in total. The van der Waals surface area contributed by atoms with Crippen LogP contribution in [0.2, 0.25) is 30.1 Å². The summed E-state index contributed by atoms with van der Waals surface area (Å²) in [4.78, 5) is 57.1. The summed E-state index contributed by atoms with van der Waals surface area (Å²) < 4.78 is 17.9. The molecule has 127 heavy (non-hydrogen) atoms. The summed E-state index contributed by atoms with van der Waals surface area (Å²) >= 11 is 38.8. The molecule has 0 amide bonds. The number of phenols is 1. The molecule has 630 valence electrons. The van der Waals surface area contributed by atoms with Crippen LogP contribution in [0, 0.1) is 50.6 Å². The average Bonchev–Trinajstić information content (AvgIpc) is 1.60. The van der Waals surface area contributed by atoms with Gasteiger partial charge in [0.15, 0.2) is 0 Å². The number of phenolic OH excluding ortho intramolecular Hbond substituents is 1. The number of rotatable bonds is 12. The van der Waals surface area contributed by atoms with E-state index in [1.54, 1.807) is 165 Å². The number of halogens is 7. The normalized spacial score (nSPS) is 10.7. The fraction of sp³-hybridized carbons (Fsp3) is 0.0103. The predicted octanol–water partition coefficient (Wildman–Crippen LogP) is 28.7. The van der Waals surface area contributed by atoms with Crippen molar-refractivity contribution >= 4 is 170 Å². The molecular formula is C97H64BBrCl6N6O16. The molecule has 2 aromatic heterocycles. The Morgan fingerprint density at radius 1 is 0.323 bits per heavy atom. The summed E-state index contributed by atoms with van der Waals surface area (Å²) in [6, 6.07) is 101. The van der Waals surface area contributed by atoms with Crippen LogP contribution in [0.1, 0.15) is 0 Å². The van der Waals surface area contributed by atoms with Gasteiger partial charge < -0.3 is 34.0 Å². The lowest BCUT2D eigenvalue weighted by molar-refractivity contribution is -0.385. The molecule has 16 aromatic carbocycles. The SMILES string of the molecule is COc1ccccc1-c1cccc([N+](=O)[O-])c1-c1ccccc1Cl.O=[N+]([O-])c1cccc(-c2ccccc2O)c1-c1ccccc1Cl.O=[N+]([O-])c1cccc(Cl)c1-c1ccccc1Cl.O=[N+]([O-])c1cccc(Cl)c1Br.O=[N+]([O-])c1cccc2c1-c1ccccc1Oc1ccccc1-2.OB(O)c1ccccc1Cl.c1ccc2c(c1)oc1cccc3[nH]c4cccc2c4c31. The maximum absolute atomic E-state index is 11.6. The first-order valence-electron chi connectivity index (χ1n) is 38.1. The third-order valence-electron chi connectivity index (χ3n) is 19.8. The van der Waals surface area contributed by atoms with Crippen LogP contribution in [-0.2, 0) is 0 Å². The van der Waals surface area contributed by atoms with Crippen molar-refractivity contribution in [3.05, 3.63) is 431 Å². The van der Waals surface area contributed by atoms with E-state index in [1.165, 1.54) is 52.6 Å². The highest BCUT2D eigenvalue weighted by atomic mass is 79.9. The first-order chi connectivity index (χ1) is 61.3. The number of fused-ring (bicyclic) bond motifs is 7. The predicted molar refractivity (Wildman–Crippen MR) is 509 cm³/mol. The van der Waals surface area contributed by atoms with E-state index < -0.39 is 26.8 Å². The van der Waals surface area contributed by atoms with E-state index in [2.05, 4.69) is 57.3 Å². The molecule has 0 atom stereocenters. The van der Waals surface area contributed by atoms with E-state index in [0.29, 0.717) is 113 Å². The molecule has 3 heterocycles. The number of benzene rings is 16. The van der Waals surface area contributed by atoms with Gasteiger partial charge >= 0.3 is 7.12 Å². The zero-order chi connectivity index (χ0) is 90.1. The second-order valence-corrected chi connectivity index (χ2v) is 30.6. The Hall–Kier alpha value is -14.3. The van der Waals surface area contributed by atoms with E-state index in [9.17, 15) is 55.7 Å². The molecule has 0 unspecified atom stereocenters. The summed E-state index contributed by atoms with van der Waals surface area (Å²) in [5.74, 6) is 2.03. The average molecular weight is 1870 g/mol. The molecule has 0 radical (unpaired) electrons. The lowest BCUT2D eigenvalue weighted by atomic mass is 9.80. The number of nitrogens with one attached hydrogen (secondary N) is 1. The summed E-state index contributed by atoms with van der Waals surface area (Å²) in [5, 5.41) is 90.4. The van der Waals surface area contributed by atoms with Gasteiger partial charge in [-0.3, -0.25) is 50.6 Å². The zero-order valence-corrected chi connectivity index (χ0v) is 72.1. The molecule has 0 fully saturated rings. The standard InChI is InChI=1S/C19H14ClNO3.C18H12ClNO3.C18H11NO3.C18H11NO.C12H7Cl2NO2.C6H6BClO2.C6H3BrClNO2/c1-24-18-12-5-3-7-13(18)14-9-6-11-17(21(22)23)19(14)15-8-2-4-10-16(15)20;19-15-9-3-1-7-14(15)18-13(8-5-10-16(18)20(22)23)12-6-2-4-11-17(12)21;20-19(21)15-9-5-8-13-12-6-1-3-10-16(12)22-17-11-4-2-7-14(17)18(13)15;1-2-9-15-11(5-1)12-6-3-7-13-17(12)18-14(19-13)8-4-10-16(18)20-15;13-9-5-2-1-4-8(9)12-10(14)6-3-7-11(12)15(16)17;8-6-4-2-1-3-5(6)7(9)10;7-6-4(8)2-1-3-5(6)9(10)11/h2-12H,1H3;1-11,21H;1-11H;1-10,19H;1-7H;1-4,9-10H;1-3H. The fourth-order valence-corrected chi connectivity index (χ4v) is 16.0. The number of nitro benzene ring substituents is 5. The second-order valence-electron chi connectivity index (χ2n) is 27.4. The Bertz CT molecular complexity index is 7210. The Balaban J connectivity index is 0.000000129. The first-order valence-corrected chi connectivity index (χ1v) is 41.2. The van der Waals surface area contributed by atoms with Crippen LogP contribution in [0.4, 0.5) is 28.4 Å². The number of hydrogen-bond acceptors (Lipinski definition) is 16. The van der Waals surface area contributed by atoms with Gasteiger partial charge in [-0.1, -0.05) is 300 Å². The van der Waals surface area contributed by atoms with E-state index in [0.717, 1.165) is 49.8 Å². The van der Waals surface area contributed by atoms with Crippen molar-refractivity contribution < 1.29 is 53.7 Å². The molecule has 1 aliphatic rings. The number of nitro groups is 5. The Morgan fingerprint density at radius 3 is 1.17 bits per heavy atom. The van der Waals surface area contributed by atoms with Crippen LogP contribution in [0.15, 0.2) is 355 Å². The molecule has 0 bridgehead atoms. The first kappa shape index (κ1) is 90.5. The number of nitrogens with zero attached hydrogens (tertiary/aromatic N) is 5. The molecule has 30 heteroatoms. The number of para-hydroxylation sites is 5. The van der Waals surface area contributed by atoms with Gasteiger partial charge in [0, 0.05) is 128 Å². The Kier molecular flexibility index (Phi) is 29.5. The molecule has 4 N–H and O–H groups in total. The van der Waals surface area contributed by atoms with Gasteiger partial charge in [-0.25, -0.2) is 0 Å². The van der Waals surface area contributed by atoms with Gasteiger partial charge in [0.2, 0.25) is 0 Å². The topological polar surface area (TPSA) is 324 Å². The highest BCUT2D eigenvalue weighted by Gasteiger charge is 2.30. The third-order valence-corrected chi connectivity index (χ3v) is 22.8. The van der Waals surface area contributed by atoms with Crippen molar-refractivity contribution in [1.29, 1.82) is 0 Å². The highest BCUT2D eigenvalue weighted by Crippen LogP contribution is 2.51. The minimum Gasteiger partial charge on any atom is -0.507 e. The van der Waals surface area contributed by atoms with E-state index in [1.807, 2.05) is 115 Å². The minimum absolute atomic E-state index is 0.00602. The fourth-order valence-electron chi connectivity index (χ4n) is 14.2. The van der Waals surface area contributed by atoms with Crippen LogP contribution in [0.3, 0.4) is 0 Å². The third kappa shape index (κ3) is 20.4. The number of hydrogen-bond donors (Lipinski definition) is 4. The van der Waals surface area contributed by atoms with Gasteiger partial charge in [0.05, 0.1) is 74.9 Å². The molecule has 0 saturated carbocycles. The number of methoxy groups -OCH3 is 1. The molecule has 0 aliphatic carbocycles. The number of aromatic nitrogens is 1. The molecule has 0 spiro atoms. The van der Waals surface area contributed by atoms with Crippen molar-refractivity contribution in [2.75, 3.05) is 7.11 Å². The van der Waals surface area contributed by atoms with Crippen LogP contribution >= 0.6 is 85.5 Å². The summed E-state index contributed by atoms with van der Waals surface area (Å²) in [5.41, 5.74) is 13.0. The van der Waals surface area contributed by atoms with Crippen molar-refractivity contribution in [2.45, 2.75) is 0 Å². The minimum atomic E-state index is -1.48. The van der Waals surface area contributed by atoms with Crippen LogP contribution in [0.5, 0.6) is 23.0 Å².